The minimum absolute atomic E-state index is 0.0267. The van der Waals surface area contributed by atoms with Gasteiger partial charge in [-0.05, 0) is 73.7 Å². The van der Waals surface area contributed by atoms with E-state index in [4.69, 9.17) is 0 Å². The Balaban J connectivity index is 1.38. The van der Waals surface area contributed by atoms with Gasteiger partial charge in [0, 0.05) is 11.8 Å². The first-order valence-corrected chi connectivity index (χ1v) is 22.0. The van der Waals surface area contributed by atoms with Gasteiger partial charge >= 0.3 is 37.1 Å². The summed E-state index contributed by atoms with van der Waals surface area (Å²) in [6, 6.07) is 10.3. The molecule has 0 aromatic heterocycles. The van der Waals surface area contributed by atoms with Crippen molar-refractivity contribution in [3.63, 3.8) is 0 Å². The highest BCUT2D eigenvalue weighted by atomic mass is 28.3. The summed E-state index contributed by atoms with van der Waals surface area (Å²) in [5, 5.41) is 1.69. The summed E-state index contributed by atoms with van der Waals surface area (Å²) in [6.45, 7) is 9.33. The maximum Gasteiger partial charge on any atom is 0.416 e. The third-order valence-corrected chi connectivity index (χ3v) is 16.0. The second-order valence-electron chi connectivity index (χ2n) is 16.9. The number of fused-ring (bicyclic) bond motifs is 3. The molecular weight excluding hydrogens is 899 g/mol. The largest absolute Gasteiger partial charge is 0.416 e. The van der Waals surface area contributed by atoms with E-state index >= 15 is 0 Å². The van der Waals surface area contributed by atoms with Crippen molar-refractivity contribution >= 4 is 30.6 Å². The van der Waals surface area contributed by atoms with Gasteiger partial charge < -0.3 is 0 Å². The summed E-state index contributed by atoms with van der Waals surface area (Å²) < 4.78 is 252. The fraction of sp³-hybridized carbons (Fsp3) is 0.364. The highest BCUT2D eigenvalue weighted by Gasteiger charge is 2.85. The van der Waals surface area contributed by atoms with Crippen LogP contribution < -0.4 is 10.4 Å². The molecule has 0 nitrogen and oxygen atoms in total. The molecule has 7 rings (SSSR count). The van der Waals surface area contributed by atoms with Crippen molar-refractivity contribution in [1.82, 2.24) is 0 Å². The number of rotatable bonds is 6. The predicted molar refractivity (Wildman–Crippen MR) is 202 cm³/mol. The highest BCUT2D eigenvalue weighted by Crippen LogP contribution is 2.63. The van der Waals surface area contributed by atoms with Gasteiger partial charge in [0.15, 0.2) is 0 Å². The number of hydrogen-bond donors (Lipinski definition) is 0. The molecule has 1 aliphatic heterocycles. The standard InChI is InChI=1S/C44H32F18Si/c1-20(2)29-19-30-27(22-9-13-25(14-10-22)37(39(45,46)47,40(48,49)50)41(51,52)53)7-6-8-28(30)35(29)32-21(3)17-24-18-31-36(63(31,4)5)34(33(24)32)23-11-15-26(16-12-23)38(42(54,55)56,43(57,58)59)44(60,61)62/h6-20,32,35H,1-5H3. The summed E-state index contributed by atoms with van der Waals surface area (Å²) in [5.41, 5.74) is -12.1. The Labute approximate surface area is 348 Å². The van der Waals surface area contributed by atoms with E-state index in [1.54, 1.807) is 19.1 Å². The number of alkyl halides is 18. The van der Waals surface area contributed by atoms with E-state index in [1.165, 1.54) is 12.1 Å². The molecule has 19 heteroatoms. The number of hydrogen-bond acceptors (Lipinski definition) is 0. The Morgan fingerprint density at radius 2 is 0.952 bits per heavy atom. The zero-order valence-electron chi connectivity index (χ0n) is 33.1. The smallest absolute Gasteiger partial charge is 0.169 e. The lowest BCUT2D eigenvalue weighted by atomic mass is 9.73. The monoisotopic (exact) mass is 930 g/mol. The molecule has 0 spiro atoms. The SMILES string of the molecule is CC1=Cc2cc3c(c(-c4ccc(C(C(F)(F)F)(C(F)(F)F)C(F)(F)F)cc4)c2C1C1C(C(C)C)=Cc2c(-c4ccc(C(C(F)(F)F)(C(F)(F)F)C(F)(F)F)cc4)cccc21)[Si]3(C)C. The maximum atomic E-state index is 14.1. The lowest BCUT2D eigenvalue weighted by Gasteiger charge is -2.39. The van der Waals surface area contributed by atoms with E-state index in [1.807, 2.05) is 39.1 Å². The molecule has 0 bridgehead atoms. The second kappa shape index (κ2) is 13.9. The van der Waals surface area contributed by atoms with Crippen molar-refractivity contribution in [1.29, 1.82) is 0 Å². The zero-order chi connectivity index (χ0) is 47.2. The van der Waals surface area contributed by atoms with Crippen LogP contribution in [0, 0.1) is 5.92 Å². The van der Waals surface area contributed by atoms with Crippen molar-refractivity contribution in [3.8, 4) is 22.3 Å². The maximum absolute atomic E-state index is 14.1. The van der Waals surface area contributed by atoms with Gasteiger partial charge in [-0.25, -0.2) is 0 Å². The van der Waals surface area contributed by atoms with E-state index in [0.717, 1.165) is 45.8 Å². The first-order chi connectivity index (χ1) is 28.6. The third-order valence-electron chi connectivity index (χ3n) is 12.8. The van der Waals surface area contributed by atoms with Crippen molar-refractivity contribution in [2.24, 2.45) is 5.92 Å². The third kappa shape index (κ3) is 6.42. The molecule has 338 valence electrons. The van der Waals surface area contributed by atoms with Gasteiger partial charge in [0.05, 0.1) is 0 Å². The van der Waals surface area contributed by atoms with Crippen LogP contribution in [-0.4, -0.2) is 45.1 Å². The first kappa shape index (κ1) is 46.3. The van der Waals surface area contributed by atoms with Crippen LogP contribution in [-0.2, 0) is 10.8 Å². The number of benzene rings is 4. The summed E-state index contributed by atoms with van der Waals surface area (Å²) in [5.74, 6) is -1.49. The zero-order valence-corrected chi connectivity index (χ0v) is 34.1. The van der Waals surface area contributed by atoms with E-state index in [-0.39, 0.29) is 46.9 Å². The van der Waals surface area contributed by atoms with Gasteiger partial charge in [-0.3, -0.25) is 0 Å². The Morgan fingerprint density at radius 3 is 1.37 bits per heavy atom. The van der Waals surface area contributed by atoms with Crippen LogP contribution in [0.25, 0.3) is 34.4 Å². The Morgan fingerprint density at radius 1 is 0.524 bits per heavy atom. The lowest BCUT2D eigenvalue weighted by Crippen LogP contribution is -2.63. The molecule has 3 aliphatic rings. The molecule has 1 heterocycles. The van der Waals surface area contributed by atoms with Gasteiger partial charge in [0.2, 0.25) is 0 Å². The average Bonchev–Trinajstić information content (AvgIpc) is 3.35. The summed E-state index contributed by atoms with van der Waals surface area (Å²) in [7, 11) is -2.41. The van der Waals surface area contributed by atoms with Gasteiger partial charge in [-0.2, -0.15) is 79.0 Å². The molecule has 4 aromatic rings. The molecule has 2 unspecified atom stereocenters. The van der Waals surface area contributed by atoms with Crippen molar-refractivity contribution in [2.45, 2.75) is 93.6 Å². The molecule has 0 radical (unpaired) electrons. The Bertz CT molecular complexity index is 2470. The normalized spacial score (nSPS) is 19.2. The van der Waals surface area contributed by atoms with Crippen molar-refractivity contribution in [3.05, 3.63) is 117 Å². The van der Waals surface area contributed by atoms with Crippen LogP contribution in [0.3, 0.4) is 0 Å². The molecule has 0 N–H and O–H groups in total. The molecule has 2 atom stereocenters. The topological polar surface area (TPSA) is 0 Å². The molecule has 0 fully saturated rings. The minimum Gasteiger partial charge on any atom is -0.169 e. The van der Waals surface area contributed by atoms with Crippen LogP contribution in [0.15, 0.2) is 83.9 Å². The van der Waals surface area contributed by atoms with E-state index in [2.05, 4.69) is 0 Å². The van der Waals surface area contributed by atoms with E-state index in [0.29, 0.717) is 27.8 Å². The Hall–Kier alpha value is -4.68. The fourth-order valence-corrected chi connectivity index (χ4v) is 13.2. The lowest BCUT2D eigenvalue weighted by molar-refractivity contribution is -0.389. The minimum atomic E-state index is -6.83. The van der Waals surface area contributed by atoms with Crippen LogP contribution in [0.2, 0.25) is 13.1 Å². The quantitative estimate of drug-likeness (QED) is 0.134. The van der Waals surface area contributed by atoms with Crippen molar-refractivity contribution < 1.29 is 79.0 Å². The molecule has 0 saturated carbocycles. The fourth-order valence-electron chi connectivity index (χ4n) is 9.79. The second-order valence-corrected chi connectivity index (χ2v) is 21.2. The highest BCUT2D eigenvalue weighted by molar-refractivity contribution is 7.16. The van der Waals surface area contributed by atoms with Crippen LogP contribution >= 0.6 is 0 Å². The van der Waals surface area contributed by atoms with Gasteiger partial charge in [0.25, 0.3) is 10.8 Å². The molecule has 2 aliphatic carbocycles. The summed E-state index contributed by atoms with van der Waals surface area (Å²) >= 11 is 0. The van der Waals surface area contributed by atoms with Crippen LogP contribution in [0.5, 0.6) is 0 Å². The van der Waals surface area contributed by atoms with Crippen molar-refractivity contribution in [2.75, 3.05) is 0 Å². The molecule has 0 amide bonds. The first-order valence-electron chi connectivity index (χ1n) is 19.0. The molecule has 63 heavy (non-hydrogen) atoms. The average molecular weight is 931 g/mol. The van der Waals surface area contributed by atoms with Crippen LogP contribution in [0.1, 0.15) is 66.0 Å². The van der Waals surface area contributed by atoms with Gasteiger partial charge in [0.1, 0.15) is 8.07 Å². The van der Waals surface area contributed by atoms with Gasteiger partial charge in [-0.15, -0.1) is 0 Å². The molecule has 0 saturated heterocycles. The number of allylic oxidation sites excluding steroid dienone is 2. The summed E-state index contributed by atoms with van der Waals surface area (Å²) in [4.78, 5) is 0. The van der Waals surface area contributed by atoms with E-state index in [9.17, 15) is 79.0 Å². The van der Waals surface area contributed by atoms with Gasteiger partial charge in [-0.1, -0.05) is 128 Å². The van der Waals surface area contributed by atoms with Crippen LogP contribution in [0.4, 0.5) is 79.0 Å². The molecule has 4 aromatic carbocycles. The number of halogens is 18. The Kier molecular flexibility index (Phi) is 10.2. The predicted octanol–water partition coefficient (Wildman–Crippen LogP) is 14.3. The van der Waals surface area contributed by atoms with E-state index < -0.39 is 78.9 Å². The summed E-state index contributed by atoms with van der Waals surface area (Å²) in [6.07, 6.45) is -37.4. The molecular formula is C44H32F18Si.